The van der Waals surface area contributed by atoms with Gasteiger partial charge in [-0.25, -0.2) is 0 Å². The molecule has 2 aromatic rings. The molecule has 3 rings (SSSR count). The van der Waals surface area contributed by atoms with Gasteiger partial charge in [0.2, 0.25) is 12.7 Å². The second kappa shape index (κ2) is 8.16. The molecule has 0 bridgehead atoms. The van der Waals surface area contributed by atoms with E-state index in [-0.39, 0.29) is 25.3 Å². The lowest BCUT2D eigenvalue weighted by atomic mass is 10.1. The first-order valence-corrected chi connectivity index (χ1v) is 8.99. The summed E-state index contributed by atoms with van der Waals surface area (Å²) in [5.41, 5.74) is 1.97. The Morgan fingerprint density at radius 3 is 2.69 bits per heavy atom. The van der Waals surface area contributed by atoms with Crippen molar-refractivity contribution in [3.8, 4) is 11.5 Å². The van der Waals surface area contributed by atoms with Crippen molar-refractivity contribution >= 4 is 29.1 Å². The summed E-state index contributed by atoms with van der Waals surface area (Å²) in [5, 5.41) is 4.03. The van der Waals surface area contributed by atoms with E-state index in [0.717, 1.165) is 16.9 Å². The number of carbonyl (C=O) groups excluding carboxylic acids is 1. The maximum absolute atomic E-state index is 12.3. The van der Waals surface area contributed by atoms with E-state index in [1.807, 2.05) is 49.2 Å². The minimum absolute atomic E-state index is 0.0577. The van der Waals surface area contributed by atoms with Gasteiger partial charge in [-0.2, -0.15) is 0 Å². The number of nitrogens with zero attached hydrogens (tertiary/aromatic N) is 1. The van der Waals surface area contributed by atoms with E-state index in [0.29, 0.717) is 22.3 Å². The van der Waals surface area contributed by atoms with Crippen LogP contribution in [0.3, 0.4) is 0 Å². The van der Waals surface area contributed by atoms with Crippen molar-refractivity contribution in [2.45, 2.75) is 19.5 Å². The van der Waals surface area contributed by atoms with Crippen molar-refractivity contribution in [1.82, 2.24) is 10.2 Å². The van der Waals surface area contributed by atoms with E-state index in [1.54, 1.807) is 6.07 Å². The van der Waals surface area contributed by atoms with Crippen LogP contribution >= 0.6 is 23.2 Å². The molecule has 1 N–H and O–H groups in total. The number of benzene rings is 2. The van der Waals surface area contributed by atoms with Crippen LogP contribution in [-0.2, 0) is 11.3 Å². The molecular weight excluding hydrogens is 375 g/mol. The molecule has 0 radical (unpaired) electrons. The van der Waals surface area contributed by atoms with Gasteiger partial charge in [0.25, 0.3) is 0 Å². The highest BCUT2D eigenvalue weighted by atomic mass is 35.5. The number of fused-ring (bicyclic) bond motifs is 1. The van der Waals surface area contributed by atoms with Crippen LogP contribution in [0.1, 0.15) is 24.1 Å². The van der Waals surface area contributed by atoms with Gasteiger partial charge in [0.1, 0.15) is 0 Å². The third-order valence-corrected chi connectivity index (χ3v) is 4.86. The molecule has 0 aromatic heterocycles. The third kappa shape index (κ3) is 4.61. The third-order valence-electron chi connectivity index (χ3n) is 4.12. The van der Waals surface area contributed by atoms with E-state index < -0.39 is 0 Å². The average Bonchev–Trinajstić information content (AvgIpc) is 3.05. The Hall–Kier alpha value is -1.95. The minimum atomic E-state index is -0.129. The quantitative estimate of drug-likeness (QED) is 0.803. The highest BCUT2D eigenvalue weighted by Crippen LogP contribution is 2.34. The van der Waals surface area contributed by atoms with Crippen LogP contribution in [-0.4, -0.2) is 31.2 Å². The van der Waals surface area contributed by atoms with Crippen molar-refractivity contribution in [3.63, 3.8) is 0 Å². The molecule has 138 valence electrons. The fraction of sp³-hybridized carbons (Fsp3) is 0.316. The second-order valence-corrected chi connectivity index (χ2v) is 7.14. The van der Waals surface area contributed by atoms with Gasteiger partial charge in [-0.3, -0.25) is 9.69 Å². The number of hydrogen-bond donors (Lipinski definition) is 1. The van der Waals surface area contributed by atoms with Crippen LogP contribution in [0.5, 0.6) is 11.5 Å². The molecule has 0 saturated carbocycles. The average molecular weight is 395 g/mol. The first-order chi connectivity index (χ1) is 12.4. The van der Waals surface area contributed by atoms with Gasteiger partial charge in [0.15, 0.2) is 11.5 Å². The topological polar surface area (TPSA) is 50.8 Å². The van der Waals surface area contributed by atoms with E-state index in [4.69, 9.17) is 32.7 Å². The molecule has 0 spiro atoms. The molecule has 0 fully saturated rings. The van der Waals surface area contributed by atoms with Gasteiger partial charge < -0.3 is 14.8 Å². The predicted molar refractivity (Wildman–Crippen MR) is 102 cm³/mol. The maximum atomic E-state index is 12.3. The summed E-state index contributed by atoms with van der Waals surface area (Å²) in [6, 6.07) is 11.0. The largest absolute Gasteiger partial charge is 0.454 e. The lowest BCUT2D eigenvalue weighted by Crippen LogP contribution is -2.36. The number of nitrogens with one attached hydrogen (secondary N) is 1. The smallest absolute Gasteiger partial charge is 0.234 e. The predicted octanol–water partition coefficient (Wildman–Crippen LogP) is 4.03. The monoisotopic (exact) mass is 394 g/mol. The van der Waals surface area contributed by atoms with E-state index in [1.165, 1.54) is 0 Å². The highest BCUT2D eigenvalue weighted by molar-refractivity contribution is 6.42. The molecule has 0 unspecified atom stereocenters. The summed E-state index contributed by atoms with van der Waals surface area (Å²) >= 11 is 12.0. The lowest BCUT2D eigenvalue weighted by Gasteiger charge is -2.19. The summed E-state index contributed by atoms with van der Waals surface area (Å²) < 4.78 is 10.7. The van der Waals surface area contributed by atoms with Crippen molar-refractivity contribution in [2.24, 2.45) is 0 Å². The van der Waals surface area contributed by atoms with E-state index >= 15 is 0 Å². The Balaban J connectivity index is 1.53. The number of ether oxygens (including phenoxy) is 2. The SMILES string of the molecule is C[C@@H](NC(=O)CN(C)Cc1ccc(Cl)c(Cl)c1)c1ccc2c(c1)OCO2. The van der Waals surface area contributed by atoms with Crippen LogP contribution in [0.2, 0.25) is 10.0 Å². The zero-order valence-electron chi connectivity index (χ0n) is 14.6. The number of halogens is 2. The van der Waals surface area contributed by atoms with Gasteiger partial charge in [-0.1, -0.05) is 35.3 Å². The standard InChI is InChI=1S/C19H20Cl2N2O3/c1-12(14-4-6-17-18(8-14)26-11-25-17)22-19(24)10-23(2)9-13-3-5-15(20)16(21)7-13/h3-8,12H,9-11H2,1-2H3,(H,22,24)/t12-/m1/s1. The number of amides is 1. The molecular formula is C19H20Cl2N2O3. The van der Waals surface area contributed by atoms with Crippen LogP contribution < -0.4 is 14.8 Å². The van der Waals surface area contributed by atoms with Crippen molar-refractivity contribution < 1.29 is 14.3 Å². The van der Waals surface area contributed by atoms with Crippen LogP contribution in [0.15, 0.2) is 36.4 Å². The lowest BCUT2D eigenvalue weighted by molar-refractivity contribution is -0.122. The summed E-state index contributed by atoms with van der Waals surface area (Å²) in [5.74, 6) is 1.38. The Kier molecular flexibility index (Phi) is 5.91. The Bertz CT molecular complexity index is 813. The molecule has 26 heavy (non-hydrogen) atoms. The Morgan fingerprint density at radius 1 is 1.15 bits per heavy atom. The van der Waals surface area contributed by atoms with Gasteiger partial charge >= 0.3 is 0 Å². The van der Waals surface area contributed by atoms with E-state index in [9.17, 15) is 4.79 Å². The zero-order chi connectivity index (χ0) is 18.7. The van der Waals surface area contributed by atoms with Gasteiger partial charge in [0, 0.05) is 6.54 Å². The summed E-state index contributed by atoms with van der Waals surface area (Å²) in [6.07, 6.45) is 0. The van der Waals surface area contributed by atoms with Crippen molar-refractivity contribution in [2.75, 3.05) is 20.4 Å². The number of hydrogen-bond acceptors (Lipinski definition) is 4. The summed E-state index contributed by atoms with van der Waals surface area (Å²) in [7, 11) is 1.88. The molecule has 1 atom stereocenters. The fourth-order valence-electron chi connectivity index (χ4n) is 2.80. The van der Waals surface area contributed by atoms with Crippen molar-refractivity contribution in [3.05, 3.63) is 57.6 Å². The van der Waals surface area contributed by atoms with Gasteiger partial charge in [-0.05, 0) is 49.4 Å². The fourth-order valence-corrected chi connectivity index (χ4v) is 3.12. The van der Waals surface area contributed by atoms with Gasteiger partial charge in [-0.15, -0.1) is 0 Å². The number of likely N-dealkylation sites (N-methyl/N-ethyl adjacent to an activating group) is 1. The molecule has 1 amide bonds. The second-order valence-electron chi connectivity index (χ2n) is 6.32. The zero-order valence-corrected chi connectivity index (χ0v) is 16.1. The van der Waals surface area contributed by atoms with Gasteiger partial charge in [0.05, 0.1) is 22.6 Å². The number of rotatable bonds is 6. The van der Waals surface area contributed by atoms with Crippen LogP contribution in [0, 0.1) is 0 Å². The van der Waals surface area contributed by atoms with Crippen molar-refractivity contribution in [1.29, 1.82) is 0 Å². The van der Waals surface area contributed by atoms with Crippen LogP contribution in [0.4, 0.5) is 0 Å². The highest BCUT2D eigenvalue weighted by Gasteiger charge is 2.17. The molecule has 0 saturated heterocycles. The summed E-state index contributed by atoms with van der Waals surface area (Å²) in [4.78, 5) is 14.2. The molecule has 5 nitrogen and oxygen atoms in total. The Labute approximate surface area is 162 Å². The first-order valence-electron chi connectivity index (χ1n) is 8.24. The molecule has 0 aliphatic carbocycles. The molecule has 1 aliphatic heterocycles. The first kappa shape index (κ1) is 18.8. The molecule has 1 aliphatic rings. The Morgan fingerprint density at radius 2 is 1.92 bits per heavy atom. The summed E-state index contributed by atoms with van der Waals surface area (Å²) in [6.45, 7) is 3.05. The van der Waals surface area contributed by atoms with E-state index in [2.05, 4.69) is 5.32 Å². The number of carbonyl (C=O) groups is 1. The normalized spacial score (nSPS) is 13.7. The minimum Gasteiger partial charge on any atom is -0.454 e. The van der Waals surface area contributed by atoms with Crippen LogP contribution in [0.25, 0.3) is 0 Å². The molecule has 1 heterocycles. The molecule has 2 aromatic carbocycles. The molecule has 7 heteroatoms. The maximum Gasteiger partial charge on any atom is 0.234 e.